The number of sulfone groups is 1. The maximum atomic E-state index is 11.2. The minimum absolute atomic E-state index is 0.0900. The summed E-state index contributed by atoms with van der Waals surface area (Å²) in [6.45, 7) is 2.84. The molecule has 0 bridgehead atoms. The molecule has 0 amide bonds. The second kappa shape index (κ2) is 6.52. The molecule has 1 rings (SSSR count). The maximum absolute atomic E-state index is 11.2. The van der Waals surface area contributed by atoms with Gasteiger partial charge in [-0.3, -0.25) is 0 Å². The Labute approximate surface area is 112 Å². The molecule has 0 fully saturated rings. The standard InChI is InChI=1S/C12H18BrNO2S/c1-3-14-12(7-8-17(2,15)16)10-5-4-6-11(13)9-10/h4-6,9,12,14H,3,7-8H2,1-2H3. The summed E-state index contributed by atoms with van der Waals surface area (Å²) in [6.07, 6.45) is 1.88. The molecule has 0 aliphatic heterocycles. The Morgan fingerprint density at radius 2 is 2.12 bits per heavy atom. The Kier molecular flexibility index (Phi) is 5.62. The number of hydrogen-bond acceptors (Lipinski definition) is 3. The van der Waals surface area contributed by atoms with Gasteiger partial charge in [0.2, 0.25) is 0 Å². The van der Waals surface area contributed by atoms with Crippen LogP contribution in [0.3, 0.4) is 0 Å². The van der Waals surface area contributed by atoms with E-state index in [1.807, 2.05) is 31.2 Å². The summed E-state index contributed by atoms with van der Waals surface area (Å²) in [5.74, 6) is 0.206. The highest BCUT2D eigenvalue weighted by atomic mass is 79.9. The van der Waals surface area contributed by atoms with Gasteiger partial charge in [0.25, 0.3) is 0 Å². The summed E-state index contributed by atoms with van der Waals surface area (Å²) in [5, 5.41) is 3.31. The van der Waals surface area contributed by atoms with E-state index in [0.717, 1.165) is 16.6 Å². The zero-order valence-electron chi connectivity index (χ0n) is 10.1. The molecule has 3 nitrogen and oxygen atoms in total. The van der Waals surface area contributed by atoms with Gasteiger partial charge in [-0.05, 0) is 30.7 Å². The van der Waals surface area contributed by atoms with Gasteiger partial charge in [-0.15, -0.1) is 0 Å². The third kappa shape index (κ3) is 5.66. The van der Waals surface area contributed by atoms with Crippen molar-refractivity contribution in [3.63, 3.8) is 0 Å². The van der Waals surface area contributed by atoms with E-state index < -0.39 is 9.84 Å². The first-order valence-electron chi connectivity index (χ1n) is 5.59. The summed E-state index contributed by atoms with van der Waals surface area (Å²) in [5.41, 5.74) is 1.12. The van der Waals surface area contributed by atoms with Gasteiger partial charge in [0, 0.05) is 16.8 Å². The second-order valence-electron chi connectivity index (χ2n) is 4.08. The summed E-state index contributed by atoms with van der Waals surface area (Å²) in [4.78, 5) is 0. The van der Waals surface area contributed by atoms with Crippen LogP contribution in [0.2, 0.25) is 0 Å². The third-order valence-corrected chi connectivity index (χ3v) is 3.95. The highest BCUT2D eigenvalue weighted by molar-refractivity contribution is 9.10. The van der Waals surface area contributed by atoms with Gasteiger partial charge in [-0.25, -0.2) is 8.42 Å². The number of rotatable bonds is 6. The number of halogens is 1. The zero-order valence-corrected chi connectivity index (χ0v) is 12.5. The third-order valence-electron chi connectivity index (χ3n) is 2.48. The molecule has 0 radical (unpaired) electrons. The molecule has 5 heteroatoms. The second-order valence-corrected chi connectivity index (χ2v) is 7.26. The first kappa shape index (κ1) is 14.7. The molecule has 1 N–H and O–H groups in total. The largest absolute Gasteiger partial charge is 0.310 e. The van der Waals surface area contributed by atoms with Crippen molar-refractivity contribution in [3.8, 4) is 0 Å². The Morgan fingerprint density at radius 1 is 1.41 bits per heavy atom. The normalized spacial score (nSPS) is 13.6. The smallest absolute Gasteiger partial charge is 0.147 e. The first-order valence-corrected chi connectivity index (χ1v) is 8.44. The summed E-state index contributed by atoms with van der Waals surface area (Å²) in [6, 6.07) is 8.05. The van der Waals surface area contributed by atoms with Crippen molar-refractivity contribution in [3.05, 3.63) is 34.3 Å². The molecule has 1 atom stereocenters. The molecule has 0 saturated heterocycles. The van der Waals surface area contributed by atoms with E-state index in [2.05, 4.69) is 21.2 Å². The van der Waals surface area contributed by atoms with Crippen LogP contribution in [-0.2, 0) is 9.84 Å². The summed E-state index contributed by atoms with van der Waals surface area (Å²) < 4.78 is 23.4. The van der Waals surface area contributed by atoms with Crippen LogP contribution in [0, 0.1) is 0 Å². The SMILES string of the molecule is CCNC(CCS(C)(=O)=O)c1cccc(Br)c1. The van der Waals surface area contributed by atoms with Crippen molar-refractivity contribution in [2.75, 3.05) is 18.6 Å². The van der Waals surface area contributed by atoms with Crippen LogP contribution in [0.25, 0.3) is 0 Å². The van der Waals surface area contributed by atoms with E-state index >= 15 is 0 Å². The van der Waals surface area contributed by atoms with Crippen molar-refractivity contribution >= 4 is 25.8 Å². The molecular formula is C12H18BrNO2S. The van der Waals surface area contributed by atoms with Gasteiger partial charge < -0.3 is 5.32 Å². The predicted octanol–water partition coefficient (Wildman–Crippen LogP) is 2.53. The average Bonchev–Trinajstić information content (AvgIpc) is 2.23. The first-order chi connectivity index (χ1) is 7.92. The minimum Gasteiger partial charge on any atom is -0.310 e. The number of hydrogen-bond donors (Lipinski definition) is 1. The van der Waals surface area contributed by atoms with Crippen LogP contribution < -0.4 is 5.32 Å². The fraction of sp³-hybridized carbons (Fsp3) is 0.500. The zero-order chi connectivity index (χ0) is 12.9. The van der Waals surface area contributed by atoms with Crippen molar-refractivity contribution < 1.29 is 8.42 Å². The predicted molar refractivity (Wildman–Crippen MR) is 74.9 cm³/mol. The lowest BCUT2D eigenvalue weighted by molar-refractivity contribution is 0.529. The van der Waals surface area contributed by atoms with Crippen molar-refractivity contribution in [1.29, 1.82) is 0 Å². The topological polar surface area (TPSA) is 46.2 Å². The lowest BCUT2D eigenvalue weighted by Crippen LogP contribution is -2.23. The van der Waals surface area contributed by atoms with Gasteiger partial charge in [0.05, 0.1) is 5.75 Å². The van der Waals surface area contributed by atoms with Gasteiger partial charge in [-0.2, -0.15) is 0 Å². The van der Waals surface area contributed by atoms with Gasteiger partial charge in [0.1, 0.15) is 9.84 Å². The quantitative estimate of drug-likeness (QED) is 0.876. The number of nitrogens with one attached hydrogen (secondary N) is 1. The average molecular weight is 320 g/mol. The van der Waals surface area contributed by atoms with E-state index in [4.69, 9.17) is 0 Å². The Balaban J connectivity index is 2.78. The van der Waals surface area contributed by atoms with Gasteiger partial charge in [0.15, 0.2) is 0 Å². The van der Waals surface area contributed by atoms with Crippen molar-refractivity contribution in [1.82, 2.24) is 5.32 Å². The molecule has 1 aromatic carbocycles. The molecule has 0 spiro atoms. The monoisotopic (exact) mass is 319 g/mol. The molecule has 0 aliphatic rings. The fourth-order valence-corrected chi connectivity index (χ4v) is 2.77. The van der Waals surface area contributed by atoms with Crippen LogP contribution in [0.15, 0.2) is 28.7 Å². The minimum atomic E-state index is -2.91. The fourth-order valence-electron chi connectivity index (χ4n) is 1.69. The van der Waals surface area contributed by atoms with E-state index in [9.17, 15) is 8.42 Å². The van der Waals surface area contributed by atoms with E-state index in [0.29, 0.717) is 6.42 Å². The van der Waals surface area contributed by atoms with Crippen molar-refractivity contribution in [2.24, 2.45) is 0 Å². The van der Waals surface area contributed by atoms with Crippen LogP contribution in [0.4, 0.5) is 0 Å². The Hall–Kier alpha value is -0.390. The molecule has 0 saturated carbocycles. The van der Waals surface area contributed by atoms with Crippen LogP contribution in [0.1, 0.15) is 24.9 Å². The molecule has 0 heterocycles. The van der Waals surface area contributed by atoms with Crippen LogP contribution in [0.5, 0.6) is 0 Å². The Bertz CT molecular complexity index is 459. The Morgan fingerprint density at radius 3 is 2.65 bits per heavy atom. The van der Waals surface area contributed by atoms with Crippen molar-refractivity contribution in [2.45, 2.75) is 19.4 Å². The highest BCUT2D eigenvalue weighted by Gasteiger charge is 2.13. The van der Waals surface area contributed by atoms with Crippen LogP contribution in [-0.4, -0.2) is 27.0 Å². The molecule has 0 aromatic heterocycles. The van der Waals surface area contributed by atoms with Gasteiger partial charge >= 0.3 is 0 Å². The summed E-state index contributed by atoms with van der Waals surface area (Å²) in [7, 11) is -2.91. The molecule has 1 unspecified atom stereocenters. The lowest BCUT2D eigenvalue weighted by atomic mass is 10.0. The van der Waals surface area contributed by atoms with Crippen LogP contribution >= 0.6 is 15.9 Å². The van der Waals surface area contributed by atoms with E-state index in [1.54, 1.807) is 0 Å². The molecule has 0 aliphatic carbocycles. The lowest BCUT2D eigenvalue weighted by Gasteiger charge is -2.18. The highest BCUT2D eigenvalue weighted by Crippen LogP contribution is 2.21. The van der Waals surface area contributed by atoms with Gasteiger partial charge in [-0.1, -0.05) is 35.0 Å². The van der Waals surface area contributed by atoms with E-state index in [-0.39, 0.29) is 11.8 Å². The molecule has 96 valence electrons. The summed E-state index contributed by atoms with van der Waals surface area (Å²) >= 11 is 3.43. The number of benzene rings is 1. The molecule has 1 aromatic rings. The van der Waals surface area contributed by atoms with E-state index in [1.165, 1.54) is 6.26 Å². The molecule has 17 heavy (non-hydrogen) atoms. The molecular weight excluding hydrogens is 302 g/mol. The maximum Gasteiger partial charge on any atom is 0.147 e.